The molecule has 0 unspecified atom stereocenters. The Balaban J connectivity index is 3.18. The molecule has 0 atom stereocenters. The van der Waals surface area contributed by atoms with Crippen LogP contribution in [0.1, 0.15) is 27.2 Å². The molecule has 0 fully saturated rings. The standard InChI is InChI=1S/C16H27N3O4S/c1-5-19(6-2)24(21,22)13-8-9-15(23-7-3)14(12-13)18-16(20)10-11-17-4/h8-9,12,17H,5-7,10-11H2,1-4H3,(H,18,20). The summed E-state index contributed by atoms with van der Waals surface area (Å²) in [6.07, 6.45) is 0.287. The quantitative estimate of drug-likeness (QED) is 0.665. The molecular weight excluding hydrogens is 330 g/mol. The number of benzene rings is 1. The van der Waals surface area contributed by atoms with Crippen molar-refractivity contribution in [1.29, 1.82) is 0 Å². The Morgan fingerprint density at radius 3 is 2.42 bits per heavy atom. The molecule has 0 aliphatic rings. The summed E-state index contributed by atoms with van der Waals surface area (Å²) in [7, 11) is -1.83. The van der Waals surface area contributed by atoms with Crippen LogP contribution in [0.5, 0.6) is 5.75 Å². The van der Waals surface area contributed by atoms with Gasteiger partial charge in [-0.25, -0.2) is 8.42 Å². The molecule has 8 heteroatoms. The van der Waals surface area contributed by atoms with Crippen molar-refractivity contribution in [2.45, 2.75) is 32.1 Å². The van der Waals surface area contributed by atoms with Gasteiger partial charge in [0.05, 0.1) is 17.2 Å². The lowest BCUT2D eigenvalue weighted by Gasteiger charge is -2.20. The highest BCUT2D eigenvalue weighted by Crippen LogP contribution is 2.29. The third kappa shape index (κ3) is 5.19. The van der Waals surface area contributed by atoms with Crippen molar-refractivity contribution < 1.29 is 17.9 Å². The van der Waals surface area contributed by atoms with E-state index in [2.05, 4.69) is 10.6 Å². The van der Waals surface area contributed by atoms with Crippen molar-refractivity contribution in [3.8, 4) is 5.75 Å². The zero-order valence-corrected chi connectivity index (χ0v) is 15.6. The minimum absolute atomic E-state index is 0.138. The Morgan fingerprint density at radius 2 is 1.88 bits per heavy atom. The van der Waals surface area contributed by atoms with E-state index in [1.54, 1.807) is 27.0 Å². The lowest BCUT2D eigenvalue weighted by atomic mass is 10.2. The Labute approximate surface area is 144 Å². The molecule has 0 aliphatic carbocycles. The van der Waals surface area contributed by atoms with Crippen LogP contribution in [-0.2, 0) is 14.8 Å². The summed E-state index contributed by atoms with van der Waals surface area (Å²) in [6.45, 7) is 7.12. The number of carbonyl (C=O) groups excluding carboxylic acids is 1. The predicted molar refractivity (Wildman–Crippen MR) is 94.9 cm³/mol. The highest BCUT2D eigenvalue weighted by molar-refractivity contribution is 7.89. The topological polar surface area (TPSA) is 87.7 Å². The first-order valence-electron chi connectivity index (χ1n) is 8.12. The largest absolute Gasteiger partial charge is 0.492 e. The van der Waals surface area contributed by atoms with E-state index in [1.807, 2.05) is 6.92 Å². The molecule has 1 aromatic carbocycles. The van der Waals surface area contributed by atoms with Crippen LogP contribution in [0.3, 0.4) is 0 Å². The monoisotopic (exact) mass is 357 g/mol. The summed E-state index contributed by atoms with van der Waals surface area (Å²) < 4.78 is 32.1. The van der Waals surface area contributed by atoms with Crippen LogP contribution in [0, 0.1) is 0 Å². The number of nitrogens with one attached hydrogen (secondary N) is 2. The summed E-state index contributed by atoms with van der Waals surface area (Å²) >= 11 is 0. The first kappa shape index (κ1) is 20.4. The lowest BCUT2D eigenvalue weighted by Crippen LogP contribution is -2.30. The van der Waals surface area contributed by atoms with E-state index in [0.29, 0.717) is 37.7 Å². The molecule has 0 aromatic heterocycles. The molecule has 0 saturated heterocycles. The van der Waals surface area contributed by atoms with Gasteiger partial charge < -0.3 is 15.4 Å². The number of anilines is 1. The first-order chi connectivity index (χ1) is 11.4. The third-order valence-electron chi connectivity index (χ3n) is 3.47. The number of carbonyl (C=O) groups is 1. The number of hydrogen-bond acceptors (Lipinski definition) is 5. The van der Waals surface area contributed by atoms with Crippen molar-refractivity contribution in [1.82, 2.24) is 9.62 Å². The Hall–Kier alpha value is -1.64. The molecule has 0 radical (unpaired) electrons. The van der Waals surface area contributed by atoms with Crippen LogP contribution >= 0.6 is 0 Å². The van der Waals surface area contributed by atoms with E-state index in [1.165, 1.54) is 16.4 Å². The highest BCUT2D eigenvalue weighted by Gasteiger charge is 2.23. The zero-order valence-electron chi connectivity index (χ0n) is 14.8. The molecule has 0 bridgehead atoms. The van der Waals surface area contributed by atoms with Crippen molar-refractivity contribution >= 4 is 21.6 Å². The van der Waals surface area contributed by atoms with E-state index < -0.39 is 10.0 Å². The summed E-state index contributed by atoms with van der Waals surface area (Å²) in [4.78, 5) is 12.1. The van der Waals surface area contributed by atoms with Gasteiger partial charge in [0.15, 0.2) is 0 Å². The molecule has 0 aliphatic heterocycles. The molecule has 0 heterocycles. The summed E-state index contributed by atoms with van der Waals surface area (Å²) in [5.41, 5.74) is 0.367. The maximum Gasteiger partial charge on any atom is 0.243 e. The molecule has 1 rings (SSSR count). The number of hydrogen-bond donors (Lipinski definition) is 2. The van der Waals surface area contributed by atoms with Gasteiger partial charge in [-0.05, 0) is 32.2 Å². The van der Waals surface area contributed by atoms with Crippen molar-refractivity contribution in [3.63, 3.8) is 0 Å². The van der Waals surface area contributed by atoms with Gasteiger partial charge in [0.2, 0.25) is 15.9 Å². The third-order valence-corrected chi connectivity index (χ3v) is 5.52. The summed E-state index contributed by atoms with van der Waals surface area (Å²) in [5.74, 6) is 0.247. The zero-order chi connectivity index (χ0) is 18.2. The van der Waals surface area contributed by atoms with Crippen molar-refractivity contribution in [2.75, 3.05) is 38.6 Å². The van der Waals surface area contributed by atoms with Gasteiger partial charge in [-0.3, -0.25) is 4.79 Å². The average molecular weight is 357 g/mol. The van der Waals surface area contributed by atoms with Crippen LogP contribution < -0.4 is 15.4 Å². The SMILES string of the molecule is CCOc1ccc(S(=O)(=O)N(CC)CC)cc1NC(=O)CCNC. The number of rotatable bonds is 10. The number of amides is 1. The fraction of sp³-hybridized carbons (Fsp3) is 0.562. The Morgan fingerprint density at radius 1 is 1.21 bits per heavy atom. The van der Waals surface area contributed by atoms with E-state index in [-0.39, 0.29) is 17.2 Å². The second kappa shape index (κ2) is 9.61. The fourth-order valence-corrected chi connectivity index (χ4v) is 3.70. The summed E-state index contributed by atoms with van der Waals surface area (Å²) in [6, 6.07) is 4.53. The minimum atomic E-state index is -3.59. The van der Waals surface area contributed by atoms with Crippen LogP contribution in [0.15, 0.2) is 23.1 Å². The van der Waals surface area contributed by atoms with Gasteiger partial charge in [0.1, 0.15) is 5.75 Å². The number of ether oxygens (including phenoxy) is 1. The molecule has 7 nitrogen and oxygen atoms in total. The molecule has 1 amide bonds. The molecule has 136 valence electrons. The van der Waals surface area contributed by atoms with E-state index >= 15 is 0 Å². The van der Waals surface area contributed by atoms with Crippen molar-refractivity contribution in [3.05, 3.63) is 18.2 Å². The van der Waals surface area contributed by atoms with Gasteiger partial charge in [-0.1, -0.05) is 13.8 Å². The van der Waals surface area contributed by atoms with Gasteiger partial charge >= 0.3 is 0 Å². The number of nitrogens with zero attached hydrogens (tertiary/aromatic N) is 1. The maximum absolute atomic E-state index is 12.6. The van der Waals surface area contributed by atoms with E-state index in [4.69, 9.17) is 4.74 Å². The van der Waals surface area contributed by atoms with Crippen LogP contribution in [0.4, 0.5) is 5.69 Å². The van der Waals surface area contributed by atoms with Gasteiger partial charge in [0, 0.05) is 26.1 Å². The molecule has 0 spiro atoms. The smallest absolute Gasteiger partial charge is 0.243 e. The molecule has 24 heavy (non-hydrogen) atoms. The van der Waals surface area contributed by atoms with Gasteiger partial charge in [0.25, 0.3) is 0 Å². The van der Waals surface area contributed by atoms with Crippen LogP contribution in [0.25, 0.3) is 0 Å². The number of sulfonamides is 1. The Bertz CT molecular complexity index is 643. The minimum Gasteiger partial charge on any atom is -0.492 e. The molecule has 2 N–H and O–H groups in total. The predicted octanol–water partition coefficient (Wildman–Crippen LogP) is 1.66. The summed E-state index contributed by atoms with van der Waals surface area (Å²) in [5, 5.41) is 5.63. The first-order valence-corrected chi connectivity index (χ1v) is 9.56. The maximum atomic E-state index is 12.6. The van der Waals surface area contributed by atoms with Crippen LogP contribution in [0.2, 0.25) is 0 Å². The molecule has 1 aromatic rings. The second-order valence-electron chi connectivity index (χ2n) is 5.08. The van der Waals surface area contributed by atoms with Crippen molar-refractivity contribution in [2.24, 2.45) is 0 Å². The fourth-order valence-electron chi connectivity index (χ4n) is 2.21. The molecule has 0 saturated carbocycles. The molecular formula is C16H27N3O4S. The van der Waals surface area contributed by atoms with Crippen LogP contribution in [-0.4, -0.2) is 51.9 Å². The van der Waals surface area contributed by atoms with Gasteiger partial charge in [-0.2, -0.15) is 4.31 Å². The lowest BCUT2D eigenvalue weighted by molar-refractivity contribution is -0.116. The van der Waals surface area contributed by atoms with E-state index in [9.17, 15) is 13.2 Å². The van der Waals surface area contributed by atoms with Gasteiger partial charge in [-0.15, -0.1) is 0 Å². The normalized spacial score (nSPS) is 11.5. The average Bonchev–Trinajstić information content (AvgIpc) is 2.55. The highest BCUT2D eigenvalue weighted by atomic mass is 32.2. The van der Waals surface area contributed by atoms with E-state index in [0.717, 1.165) is 0 Å². The Kier molecular flexibility index (Phi) is 8.17. The second-order valence-corrected chi connectivity index (χ2v) is 7.02.